The second-order valence-electron chi connectivity index (χ2n) is 3.64. The molecule has 2 aromatic rings. The van der Waals surface area contributed by atoms with Crippen molar-refractivity contribution in [2.24, 2.45) is 5.73 Å². The van der Waals surface area contributed by atoms with Crippen molar-refractivity contribution >= 4 is 23.1 Å². The number of amides is 1. The van der Waals surface area contributed by atoms with Crippen LogP contribution in [0.3, 0.4) is 0 Å². The lowest BCUT2D eigenvalue weighted by molar-refractivity contribution is 0.153. The highest BCUT2D eigenvalue weighted by molar-refractivity contribution is 5.79. The minimum absolute atomic E-state index is 0.141. The SMILES string of the molecule is COc1ccc2nc(N)n(CCOC(N)=O)c2c1. The maximum absolute atomic E-state index is 10.5. The molecule has 0 bridgehead atoms. The van der Waals surface area contributed by atoms with Crippen molar-refractivity contribution in [1.82, 2.24) is 9.55 Å². The number of carbonyl (C=O) groups is 1. The molecule has 7 heteroatoms. The number of primary amides is 1. The number of aromatic nitrogens is 2. The molecule has 1 aromatic carbocycles. The summed E-state index contributed by atoms with van der Waals surface area (Å²) in [6, 6.07) is 5.44. The van der Waals surface area contributed by atoms with Gasteiger partial charge in [-0.25, -0.2) is 9.78 Å². The molecule has 2 rings (SSSR count). The standard InChI is InChI=1S/C11H14N4O3/c1-17-7-2-3-8-9(6-7)15(10(12)14-8)4-5-18-11(13)16/h2-3,6H,4-5H2,1H3,(H2,12,14)(H2,13,16). The van der Waals surface area contributed by atoms with Crippen LogP contribution in [0.4, 0.5) is 10.7 Å². The van der Waals surface area contributed by atoms with E-state index in [2.05, 4.69) is 9.72 Å². The van der Waals surface area contributed by atoms with E-state index in [1.807, 2.05) is 12.1 Å². The molecule has 0 saturated heterocycles. The molecule has 0 fully saturated rings. The minimum Gasteiger partial charge on any atom is -0.497 e. The fourth-order valence-electron chi connectivity index (χ4n) is 1.72. The number of nitrogen functional groups attached to an aromatic ring is 1. The second kappa shape index (κ2) is 4.82. The molecular weight excluding hydrogens is 236 g/mol. The van der Waals surface area contributed by atoms with Gasteiger partial charge in [0.25, 0.3) is 0 Å². The number of imidazole rings is 1. The van der Waals surface area contributed by atoms with E-state index < -0.39 is 6.09 Å². The minimum atomic E-state index is -0.810. The first-order chi connectivity index (χ1) is 8.61. The van der Waals surface area contributed by atoms with Gasteiger partial charge in [0, 0.05) is 6.07 Å². The molecule has 0 aliphatic rings. The zero-order valence-corrected chi connectivity index (χ0v) is 9.92. The number of hydrogen-bond acceptors (Lipinski definition) is 5. The number of anilines is 1. The molecule has 0 atom stereocenters. The predicted octanol–water partition coefficient (Wildman–Crippen LogP) is 0.722. The third kappa shape index (κ3) is 2.29. The van der Waals surface area contributed by atoms with Gasteiger partial charge in [0.1, 0.15) is 12.4 Å². The van der Waals surface area contributed by atoms with Crippen LogP contribution in [-0.2, 0) is 11.3 Å². The maximum atomic E-state index is 10.5. The van der Waals surface area contributed by atoms with Crippen molar-refractivity contribution in [2.75, 3.05) is 19.5 Å². The van der Waals surface area contributed by atoms with Gasteiger partial charge in [0.05, 0.1) is 24.7 Å². The highest BCUT2D eigenvalue weighted by atomic mass is 16.5. The summed E-state index contributed by atoms with van der Waals surface area (Å²) in [5.41, 5.74) is 12.3. The molecule has 0 unspecified atom stereocenters. The number of benzene rings is 1. The van der Waals surface area contributed by atoms with Gasteiger partial charge in [0.2, 0.25) is 5.95 Å². The zero-order valence-electron chi connectivity index (χ0n) is 9.92. The smallest absolute Gasteiger partial charge is 0.404 e. The molecule has 96 valence electrons. The number of carbonyl (C=O) groups excluding carboxylic acids is 1. The van der Waals surface area contributed by atoms with Gasteiger partial charge in [-0.3, -0.25) is 0 Å². The molecule has 0 aliphatic carbocycles. The Labute approximate surface area is 103 Å². The van der Waals surface area contributed by atoms with E-state index in [0.717, 1.165) is 11.0 Å². The van der Waals surface area contributed by atoms with Gasteiger partial charge < -0.3 is 25.5 Å². The van der Waals surface area contributed by atoms with Gasteiger partial charge in [-0.2, -0.15) is 0 Å². The van der Waals surface area contributed by atoms with E-state index >= 15 is 0 Å². The highest BCUT2D eigenvalue weighted by Gasteiger charge is 2.09. The molecule has 18 heavy (non-hydrogen) atoms. The summed E-state index contributed by atoms with van der Waals surface area (Å²) in [6.07, 6.45) is -0.810. The Morgan fingerprint density at radius 3 is 2.94 bits per heavy atom. The van der Waals surface area contributed by atoms with Crippen LogP contribution in [0.15, 0.2) is 18.2 Å². The van der Waals surface area contributed by atoms with Crippen LogP contribution in [0.2, 0.25) is 0 Å². The first kappa shape index (κ1) is 12.0. The predicted molar refractivity (Wildman–Crippen MR) is 66.2 cm³/mol. The second-order valence-corrected chi connectivity index (χ2v) is 3.64. The van der Waals surface area contributed by atoms with Crippen molar-refractivity contribution in [3.8, 4) is 5.75 Å². The molecule has 0 radical (unpaired) electrons. The number of rotatable bonds is 4. The Hall–Kier alpha value is -2.44. The average Bonchev–Trinajstić information content (AvgIpc) is 2.64. The lowest BCUT2D eigenvalue weighted by Gasteiger charge is -2.07. The number of ether oxygens (including phenoxy) is 2. The van der Waals surface area contributed by atoms with Crippen LogP contribution in [0, 0.1) is 0 Å². The fourth-order valence-corrected chi connectivity index (χ4v) is 1.72. The summed E-state index contributed by atoms with van der Waals surface area (Å²) in [6.45, 7) is 0.528. The van der Waals surface area contributed by atoms with E-state index in [1.165, 1.54) is 0 Å². The Kier molecular flexibility index (Phi) is 3.22. The maximum Gasteiger partial charge on any atom is 0.404 e. The molecule has 4 N–H and O–H groups in total. The first-order valence-electron chi connectivity index (χ1n) is 5.34. The fraction of sp³-hybridized carbons (Fsp3) is 0.273. The van der Waals surface area contributed by atoms with E-state index in [9.17, 15) is 4.79 Å². The van der Waals surface area contributed by atoms with Crippen LogP contribution in [-0.4, -0.2) is 29.4 Å². The zero-order chi connectivity index (χ0) is 13.1. The van der Waals surface area contributed by atoms with Gasteiger partial charge in [0.15, 0.2) is 0 Å². The molecule has 1 heterocycles. The van der Waals surface area contributed by atoms with Crippen molar-refractivity contribution in [3.05, 3.63) is 18.2 Å². The van der Waals surface area contributed by atoms with Crippen molar-refractivity contribution in [1.29, 1.82) is 0 Å². The molecule has 0 saturated carbocycles. The van der Waals surface area contributed by atoms with E-state index in [0.29, 0.717) is 18.2 Å². The molecule has 0 aliphatic heterocycles. The Morgan fingerprint density at radius 1 is 1.50 bits per heavy atom. The average molecular weight is 250 g/mol. The van der Waals surface area contributed by atoms with Crippen LogP contribution < -0.4 is 16.2 Å². The number of fused-ring (bicyclic) bond motifs is 1. The van der Waals surface area contributed by atoms with E-state index in [4.69, 9.17) is 16.2 Å². The lowest BCUT2D eigenvalue weighted by atomic mass is 10.3. The van der Waals surface area contributed by atoms with Gasteiger partial charge >= 0.3 is 6.09 Å². The van der Waals surface area contributed by atoms with Gasteiger partial charge in [-0.05, 0) is 12.1 Å². The topological polar surface area (TPSA) is 105 Å². The quantitative estimate of drug-likeness (QED) is 0.831. The van der Waals surface area contributed by atoms with Crippen molar-refractivity contribution in [3.63, 3.8) is 0 Å². The van der Waals surface area contributed by atoms with E-state index in [-0.39, 0.29) is 6.61 Å². The summed E-state index contributed by atoms with van der Waals surface area (Å²) in [5, 5.41) is 0. The van der Waals surface area contributed by atoms with Crippen LogP contribution in [0.1, 0.15) is 0 Å². The van der Waals surface area contributed by atoms with E-state index in [1.54, 1.807) is 17.7 Å². The third-order valence-electron chi connectivity index (χ3n) is 2.54. The Morgan fingerprint density at radius 2 is 2.28 bits per heavy atom. The first-order valence-corrected chi connectivity index (χ1v) is 5.34. The normalized spacial score (nSPS) is 10.5. The molecular formula is C11H14N4O3. The van der Waals surface area contributed by atoms with Crippen molar-refractivity contribution in [2.45, 2.75) is 6.54 Å². The monoisotopic (exact) mass is 250 g/mol. The molecule has 7 nitrogen and oxygen atoms in total. The Balaban J connectivity index is 2.29. The number of hydrogen-bond donors (Lipinski definition) is 2. The molecule has 1 aromatic heterocycles. The van der Waals surface area contributed by atoms with Crippen LogP contribution >= 0.6 is 0 Å². The number of methoxy groups -OCH3 is 1. The number of nitrogens with two attached hydrogens (primary N) is 2. The van der Waals surface area contributed by atoms with Crippen LogP contribution in [0.5, 0.6) is 5.75 Å². The van der Waals surface area contributed by atoms with Crippen LogP contribution in [0.25, 0.3) is 11.0 Å². The molecule has 1 amide bonds. The largest absolute Gasteiger partial charge is 0.497 e. The summed E-state index contributed by atoms with van der Waals surface area (Å²) in [5.74, 6) is 1.06. The summed E-state index contributed by atoms with van der Waals surface area (Å²) in [7, 11) is 1.58. The summed E-state index contributed by atoms with van der Waals surface area (Å²) < 4.78 is 11.6. The van der Waals surface area contributed by atoms with Gasteiger partial charge in [-0.1, -0.05) is 0 Å². The third-order valence-corrected chi connectivity index (χ3v) is 2.54. The lowest BCUT2D eigenvalue weighted by Crippen LogP contribution is -2.17. The summed E-state index contributed by atoms with van der Waals surface area (Å²) >= 11 is 0. The summed E-state index contributed by atoms with van der Waals surface area (Å²) in [4.78, 5) is 14.7. The number of nitrogens with zero attached hydrogens (tertiary/aromatic N) is 2. The Bertz CT molecular complexity index is 579. The highest BCUT2D eigenvalue weighted by Crippen LogP contribution is 2.22. The molecule has 0 spiro atoms. The van der Waals surface area contributed by atoms with Crippen molar-refractivity contribution < 1.29 is 14.3 Å². The van der Waals surface area contributed by atoms with Gasteiger partial charge in [-0.15, -0.1) is 0 Å².